The van der Waals surface area contributed by atoms with E-state index in [1.54, 1.807) is 6.07 Å². The fourth-order valence-corrected chi connectivity index (χ4v) is 4.51. The first-order valence-electron chi connectivity index (χ1n) is 11.2. The van der Waals surface area contributed by atoms with Crippen LogP contribution in [0.15, 0.2) is 48.5 Å². The molecule has 0 aliphatic carbocycles. The number of nitrogens with one attached hydrogen (secondary N) is 1. The molecule has 0 unspecified atom stereocenters. The van der Waals surface area contributed by atoms with E-state index in [0.717, 1.165) is 36.5 Å². The summed E-state index contributed by atoms with van der Waals surface area (Å²) in [5.74, 6) is -1.85. The molecule has 0 spiro atoms. The summed E-state index contributed by atoms with van der Waals surface area (Å²) in [5, 5.41) is 9.57. The summed E-state index contributed by atoms with van der Waals surface area (Å²) in [4.78, 5) is 25.3. The molecule has 5 rings (SSSR count). The Morgan fingerprint density at radius 2 is 1.75 bits per heavy atom. The first-order chi connectivity index (χ1) is 17.2. The van der Waals surface area contributed by atoms with Crippen LogP contribution in [0.4, 0.5) is 18.9 Å². The third kappa shape index (κ3) is 4.81. The smallest absolute Gasteiger partial charge is 0.417 e. The van der Waals surface area contributed by atoms with Gasteiger partial charge in [-0.15, -0.1) is 0 Å². The maximum absolute atomic E-state index is 13.1. The molecule has 1 aliphatic rings. The van der Waals surface area contributed by atoms with Gasteiger partial charge in [-0.2, -0.15) is 18.2 Å². The Balaban J connectivity index is 1.41. The van der Waals surface area contributed by atoms with Crippen LogP contribution in [0, 0.1) is 0 Å². The molecule has 2 aromatic heterocycles. The van der Waals surface area contributed by atoms with E-state index in [0.29, 0.717) is 22.3 Å². The average Bonchev–Trinajstić information content (AvgIpc) is 3.24. The number of imidazole rings is 1. The van der Waals surface area contributed by atoms with Crippen molar-refractivity contribution < 1.29 is 27.8 Å². The van der Waals surface area contributed by atoms with E-state index < -0.39 is 23.3 Å². The van der Waals surface area contributed by atoms with Gasteiger partial charge in [0.15, 0.2) is 5.65 Å². The summed E-state index contributed by atoms with van der Waals surface area (Å²) in [6.45, 7) is 2.07. The second kappa shape index (κ2) is 9.34. The number of aromatic nitrogens is 3. The number of pyridine rings is 1. The summed E-state index contributed by atoms with van der Waals surface area (Å²) in [6.07, 6.45) is -1.20. The van der Waals surface area contributed by atoms with Crippen LogP contribution in [0.5, 0.6) is 11.8 Å². The Morgan fingerprint density at radius 1 is 1.03 bits per heavy atom. The number of benzene rings is 2. The Morgan fingerprint density at radius 3 is 2.42 bits per heavy atom. The normalized spacial score (nSPS) is 14.3. The van der Waals surface area contributed by atoms with Gasteiger partial charge >= 0.3 is 18.2 Å². The summed E-state index contributed by atoms with van der Waals surface area (Å²) >= 11 is 6.48. The summed E-state index contributed by atoms with van der Waals surface area (Å²) in [5.41, 5.74) is 1.02. The SMILES string of the molecule is O=C(O)c1cc(Oc2nc3nc(-c4ccc(N5CCCCC5)cc4)c(Cl)cc3[nH]2)ccc1C(F)(F)F. The molecule has 1 saturated heterocycles. The van der Waals surface area contributed by atoms with Crippen molar-refractivity contribution in [1.82, 2.24) is 15.0 Å². The van der Waals surface area contributed by atoms with E-state index >= 15 is 0 Å². The summed E-state index contributed by atoms with van der Waals surface area (Å²) in [7, 11) is 0. The van der Waals surface area contributed by atoms with Crippen LogP contribution in [0.1, 0.15) is 35.2 Å². The maximum atomic E-state index is 13.1. The van der Waals surface area contributed by atoms with Crippen molar-refractivity contribution >= 4 is 34.4 Å². The number of aromatic carboxylic acids is 1. The highest BCUT2D eigenvalue weighted by Crippen LogP contribution is 2.35. The first-order valence-corrected chi connectivity index (χ1v) is 11.6. The number of ether oxygens (including phenoxy) is 1. The van der Waals surface area contributed by atoms with E-state index in [2.05, 4.69) is 19.9 Å². The highest BCUT2D eigenvalue weighted by Gasteiger charge is 2.35. The van der Waals surface area contributed by atoms with E-state index in [4.69, 9.17) is 16.3 Å². The van der Waals surface area contributed by atoms with Crippen molar-refractivity contribution in [2.24, 2.45) is 0 Å². The Hall–Kier alpha value is -3.79. The predicted octanol–water partition coefficient (Wildman–Crippen LogP) is 6.78. The van der Waals surface area contributed by atoms with E-state index in [1.165, 1.54) is 19.3 Å². The number of nitrogens with zero attached hydrogens (tertiary/aromatic N) is 3. The number of hydrogen-bond acceptors (Lipinski definition) is 5. The third-order valence-corrected chi connectivity index (χ3v) is 6.30. The number of halogens is 4. The quantitative estimate of drug-likeness (QED) is 0.304. The van der Waals surface area contributed by atoms with Gasteiger partial charge in [0.25, 0.3) is 0 Å². The maximum Gasteiger partial charge on any atom is 0.417 e. The molecule has 186 valence electrons. The minimum Gasteiger partial charge on any atom is -0.478 e. The molecule has 3 heterocycles. The molecule has 1 fully saturated rings. The van der Waals surface area contributed by atoms with E-state index in [9.17, 15) is 23.1 Å². The second-order valence-electron chi connectivity index (χ2n) is 8.44. The standard InChI is InChI=1S/C25H20ClF3N4O3/c26-19-13-20-22(31-21(19)14-4-6-15(7-5-14)33-10-2-1-3-11-33)32-24(30-20)36-16-8-9-18(25(27,28)29)17(12-16)23(34)35/h4-9,12-13H,1-3,10-11H2,(H,34,35)(H,30,31,32). The number of piperidine rings is 1. The Labute approximate surface area is 208 Å². The van der Waals surface area contributed by atoms with Gasteiger partial charge in [0.2, 0.25) is 0 Å². The van der Waals surface area contributed by atoms with Crippen molar-refractivity contribution in [3.63, 3.8) is 0 Å². The molecule has 0 saturated carbocycles. The third-order valence-electron chi connectivity index (χ3n) is 6.01. The van der Waals surface area contributed by atoms with Gasteiger partial charge in [-0.3, -0.25) is 0 Å². The van der Waals surface area contributed by atoms with Crippen LogP contribution in [0.2, 0.25) is 5.02 Å². The Bertz CT molecular complexity index is 1430. The van der Waals surface area contributed by atoms with Crippen LogP contribution in [-0.2, 0) is 6.18 Å². The van der Waals surface area contributed by atoms with Gasteiger partial charge in [0, 0.05) is 24.3 Å². The van der Waals surface area contributed by atoms with E-state index in [-0.39, 0.29) is 17.4 Å². The van der Waals surface area contributed by atoms with Crippen LogP contribution < -0.4 is 9.64 Å². The number of carboxylic acids is 1. The number of H-pyrrole nitrogens is 1. The molecule has 2 N–H and O–H groups in total. The van der Waals surface area contributed by atoms with Crippen LogP contribution in [0.3, 0.4) is 0 Å². The van der Waals surface area contributed by atoms with E-state index in [1.807, 2.05) is 24.3 Å². The predicted molar refractivity (Wildman–Crippen MR) is 129 cm³/mol. The van der Waals surface area contributed by atoms with Gasteiger partial charge in [0.05, 0.1) is 27.4 Å². The fraction of sp³-hybridized carbons (Fsp3) is 0.240. The molecular weight excluding hydrogens is 497 g/mol. The molecule has 1 aliphatic heterocycles. The number of alkyl halides is 3. The van der Waals surface area contributed by atoms with Crippen molar-refractivity contribution in [3.8, 4) is 23.0 Å². The number of fused-ring (bicyclic) bond motifs is 1. The van der Waals surface area contributed by atoms with Gasteiger partial charge < -0.3 is 19.7 Å². The molecule has 11 heteroatoms. The number of hydrogen-bond donors (Lipinski definition) is 2. The summed E-state index contributed by atoms with van der Waals surface area (Å²) in [6, 6.07) is 12.0. The number of anilines is 1. The highest BCUT2D eigenvalue weighted by molar-refractivity contribution is 6.33. The molecule has 36 heavy (non-hydrogen) atoms. The van der Waals surface area contributed by atoms with Crippen molar-refractivity contribution in [2.75, 3.05) is 18.0 Å². The van der Waals surface area contributed by atoms with Crippen molar-refractivity contribution in [3.05, 3.63) is 64.7 Å². The molecule has 0 amide bonds. The number of aromatic amines is 1. The second-order valence-corrected chi connectivity index (χ2v) is 8.85. The zero-order valence-corrected chi connectivity index (χ0v) is 19.5. The van der Waals surface area contributed by atoms with Gasteiger partial charge in [-0.05, 0) is 55.7 Å². The number of rotatable bonds is 5. The lowest BCUT2D eigenvalue weighted by atomic mass is 10.1. The van der Waals surface area contributed by atoms with Crippen LogP contribution in [0.25, 0.3) is 22.4 Å². The Kier molecular flexibility index (Phi) is 6.21. The summed E-state index contributed by atoms with van der Waals surface area (Å²) < 4.78 is 44.8. The highest BCUT2D eigenvalue weighted by atomic mass is 35.5. The topological polar surface area (TPSA) is 91.3 Å². The lowest BCUT2D eigenvalue weighted by Crippen LogP contribution is -2.29. The molecule has 2 aromatic carbocycles. The molecular formula is C25H20ClF3N4O3. The van der Waals surface area contributed by atoms with Gasteiger partial charge in [0.1, 0.15) is 5.75 Å². The molecule has 0 atom stereocenters. The minimum absolute atomic E-state index is 0.0674. The zero-order chi connectivity index (χ0) is 25.4. The van der Waals surface area contributed by atoms with Gasteiger partial charge in [-0.1, -0.05) is 23.7 Å². The minimum atomic E-state index is -4.81. The molecule has 4 aromatic rings. The van der Waals surface area contributed by atoms with Gasteiger partial charge in [-0.25, -0.2) is 9.78 Å². The zero-order valence-electron chi connectivity index (χ0n) is 18.8. The lowest BCUT2D eigenvalue weighted by molar-refractivity contribution is -0.138. The molecule has 0 radical (unpaired) electrons. The van der Waals surface area contributed by atoms with Crippen LogP contribution >= 0.6 is 11.6 Å². The molecule has 0 bridgehead atoms. The average molecular weight is 517 g/mol. The lowest BCUT2D eigenvalue weighted by Gasteiger charge is -2.28. The monoisotopic (exact) mass is 516 g/mol. The van der Waals surface area contributed by atoms with Crippen LogP contribution in [-0.4, -0.2) is 39.1 Å². The first kappa shape index (κ1) is 23.9. The number of carboxylic acid groups (broad SMARTS) is 1. The molecule has 7 nitrogen and oxygen atoms in total. The number of carbonyl (C=O) groups is 1. The van der Waals surface area contributed by atoms with Crippen molar-refractivity contribution in [1.29, 1.82) is 0 Å². The largest absolute Gasteiger partial charge is 0.478 e. The van der Waals surface area contributed by atoms with Crippen molar-refractivity contribution in [2.45, 2.75) is 25.4 Å². The fourth-order valence-electron chi connectivity index (χ4n) is 4.25.